The first-order valence-corrected chi connectivity index (χ1v) is 6.57. The molecule has 1 heterocycles. The summed E-state index contributed by atoms with van der Waals surface area (Å²) in [6.45, 7) is 2.13. The Bertz CT molecular complexity index is 420. The molecule has 1 rings (SSSR count). The lowest BCUT2D eigenvalue weighted by atomic mass is 10.2. The van der Waals surface area contributed by atoms with Gasteiger partial charge in [-0.05, 0) is 19.3 Å². The van der Waals surface area contributed by atoms with Crippen molar-refractivity contribution in [2.45, 2.75) is 25.8 Å². The van der Waals surface area contributed by atoms with E-state index in [2.05, 4.69) is 5.10 Å². The summed E-state index contributed by atoms with van der Waals surface area (Å²) in [6.07, 6.45) is 4.22. The molecule has 0 aromatic carbocycles. The van der Waals surface area contributed by atoms with Gasteiger partial charge in [0.05, 0.1) is 18.5 Å². The minimum absolute atomic E-state index is 0.0919. The third kappa shape index (κ3) is 5.40. The molecule has 0 saturated heterocycles. The van der Waals surface area contributed by atoms with Crippen LogP contribution in [-0.2, 0) is 11.3 Å². The average Bonchev–Trinajstić information content (AvgIpc) is 2.42. The molecule has 1 aromatic heterocycles. The summed E-state index contributed by atoms with van der Waals surface area (Å²) in [4.78, 5) is 13.8. The van der Waals surface area contributed by atoms with Crippen LogP contribution in [0.3, 0.4) is 0 Å². The number of aryl methyl sites for hydroxylation is 1. The van der Waals surface area contributed by atoms with Gasteiger partial charge >= 0.3 is 0 Å². The number of hydrogen-bond acceptors (Lipinski definition) is 5. The smallest absolute Gasteiger partial charge is 0.268 e. The molecular formula is C13H23N3O3. The second-order valence-corrected chi connectivity index (χ2v) is 4.47. The second-order valence-electron chi connectivity index (χ2n) is 4.47. The Balaban J connectivity index is 2.56. The number of anilines is 1. The van der Waals surface area contributed by atoms with Gasteiger partial charge < -0.3 is 14.7 Å². The van der Waals surface area contributed by atoms with Crippen LogP contribution in [0.1, 0.15) is 19.3 Å². The quantitative estimate of drug-likeness (QED) is 0.661. The molecule has 6 heteroatoms. The Morgan fingerprint density at radius 2 is 2.21 bits per heavy atom. The predicted molar refractivity (Wildman–Crippen MR) is 74.6 cm³/mol. The number of hydrogen-bond donors (Lipinski definition) is 1. The van der Waals surface area contributed by atoms with Crippen LogP contribution in [0, 0.1) is 0 Å². The molecule has 1 aromatic rings. The molecular weight excluding hydrogens is 246 g/mol. The van der Waals surface area contributed by atoms with Gasteiger partial charge in [0.25, 0.3) is 5.56 Å². The number of aliphatic hydroxyl groups is 1. The largest absolute Gasteiger partial charge is 0.396 e. The van der Waals surface area contributed by atoms with E-state index in [0.717, 1.165) is 31.5 Å². The Hall–Kier alpha value is -1.40. The van der Waals surface area contributed by atoms with Crippen LogP contribution in [0.25, 0.3) is 0 Å². The van der Waals surface area contributed by atoms with Crippen LogP contribution in [0.2, 0.25) is 0 Å². The highest BCUT2D eigenvalue weighted by Gasteiger charge is 2.04. The lowest BCUT2D eigenvalue weighted by molar-refractivity contribution is 0.206. The number of ether oxygens (including phenoxy) is 1. The molecule has 0 radical (unpaired) electrons. The number of likely N-dealkylation sites (N-methyl/N-ethyl adjacent to an activating group) is 1. The monoisotopic (exact) mass is 269 g/mol. The zero-order valence-electron chi connectivity index (χ0n) is 11.7. The Morgan fingerprint density at radius 3 is 2.84 bits per heavy atom. The van der Waals surface area contributed by atoms with E-state index in [1.54, 1.807) is 19.4 Å². The van der Waals surface area contributed by atoms with Crippen LogP contribution >= 0.6 is 0 Å². The fraction of sp³-hybridized carbons (Fsp3) is 0.692. The SMILES string of the molecule is COCCN(C)c1cnn(CCCCCO)c(=O)c1. The predicted octanol–water partition coefficient (Wildman–Crippen LogP) is 0.488. The zero-order chi connectivity index (χ0) is 14.1. The van der Waals surface area contributed by atoms with Gasteiger partial charge in [-0.25, -0.2) is 4.68 Å². The van der Waals surface area contributed by atoms with Crippen molar-refractivity contribution in [1.82, 2.24) is 9.78 Å². The van der Waals surface area contributed by atoms with Gasteiger partial charge in [0.1, 0.15) is 0 Å². The van der Waals surface area contributed by atoms with E-state index in [-0.39, 0.29) is 12.2 Å². The number of methoxy groups -OCH3 is 1. The van der Waals surface area contributed by atoms with Crippen LogP contribution in [0.5, 0.6) is 0 Å². The van der Waals surface area contributed by atoms with Crippen LogP contribution in [0.15, 0.2) is 17.1 Å². The fourth-order valence-corrected chi connectivity index (χ4v) is 1.71. The van der Waals surface area contributed by atoms with Crippen molar-refractivity contribution in [1.29, 1.82) is 0 Å². The third-order valence-corrected chi connectivity index (χ3v) is 2.95. The van der Waals surface area contributed by atoms with Crippen molar-refractivity contribution in [3.8, 4) is 0 Å². The first kappa shape index (κ1) is 15.7. The minimum atomic E-state index is -0.0919. The molecule has 0 fully saturated rings. The minimum Gasteiger partial charge on any atom is -0.396 e. The molecule has 0 bridgehead atoms. The van der Waals surface area contributed by atoms with Gasteiger partial charge in [0.2, 0.25) is 0 Å². The highest BCUT2D eigenvalue weighted by Crippen LogP contribution is 2.06. The van der Waals surface area contributed by atoms with Gasteiger partial charge in [-0.1, -0.05) is 0 Å². The molecule has 0 aliphatic heterocycles. The van der Waals surface area contributed by atoms with Gasteiger partial charge in [-0.2, -0.15) is 5.10 Å². The highest BCUT2D eigenvalue weighted by molar-refractivity contribution is 5.41. The summed E-state index contributed by atoms with van der Waals surface area (Å²) in [7, 11) is 3.55. The molecule has 0 spiro atoms. The summed E-state index contributed by atoms with van der Waals surface area (Å²) in [5, 5.41) is 12.9. The standard InChI is InChI=1S/C13H23N3O3/c1-15(7-9-19-2)12-10-13(18)16(14-11-12)6-4-3-5-8-17/h10-11,17H,3-9H2,1-2H3. The molecule has 0 saturated carbocycles. The maximum absolute atomic E-state index is 11.9. The van der Waals surface area contributed by atoms with E-state index in [1.165, 1.54) is 4.68 Å². The summed E-state index contributed by atoms with van der Waals surface area (Å²) >= 11 is 0. The maximum atomic E-state index is 11.9. The van der Waals surface area contributed by atoms with Crippen molar-refractivity contribution < 1.29 is 9.84 Å². The lowest BCUT2D eigenvalue weighted by Crippen LogP contribution is -2.27. The Labute approximate surface area is 113 Å². The van der Waals surface area contributed by atoms with Gasteiger partial charge in [0, 0.05) is 39.9 Å². The summed E-state index contributed by atoms with van der Waals surface area (Å²) in [6, 6.07) is 1.59. The number of nitrogens with zero attached hydrogens (tertiary/aromatic N) is 3. The summed E-state index contributed by atoms with van der Waals surface area (Å²) in [5.41, 5.74) is 0.708. The van der Waals surface area contributed by atoms with Crippen LogP contribution in [-0.4, -0.2) is 48.8 Å². The molecule has 0 atom stereocenters. The molecule has 6 nitrogen and oxygen atoms in total. The van der Waals surface area contributed by atoms with Crippen LogP contribution in [0.4, 0.5) is 5.69 Å². The second kappa shape index (κ2) is 8.66. The number of unbranched alkanes of at least 4 members (excludes halogenated alkanes) is 2. The maximum Gasteiger partial charge on any atom is 0.268 e. The molecule has 1 N–H and O–H groups in total. The van der Waals surface area contributed by atoms with E-state index >= 15 is 0 Å². The van der Waals surface area contributed by atoms with Gasteiger partial charge in [-0.3, -0.25) is 4.79 Å². The summed E-state index contributed by atoms with van der Waals surface area (Å²) < 4.78 is 6.46. The highest BCUT2D eigenvalue weighted by atomic mass is 16.5. The van der Waals surface area contributed by atoms with Crippen molar-refractivity contribution in [3.63, 3.8) is 0 Å². The third-order valence-electron chi connectivity index (χ3n) is 2.95. The van der Waals surface area contributed by atoms with Gasteiger partial charge in [0.15, 0.2) is 0 Å². The van der Waals surface area contributed by atoms with E-state index in [4.69, 9.17) is 9.84 Å². The molecule has 19 heavy (non-hydrogen) atoms. The molecule has 0 unspecified atom stereocenters. The van der Waals surface area contributed by atoms with E-state index in [1.807, 2.05) is 11.9 Å². The van der Waals surface area contributed by atoms with Crippen molar-refractivity contribution in [2.24, 2.45) is 0 Å². The van der Waals surface area contributed by atoms with Gasteiger partial charge in [-0.15, -0.1) is 0 Å². The summed E-state index contributed by atoms with van der Waals surface area (Å²) in [5.74, 6) is 0. The first-order valence-electron chi connectivity index (χ1n) is 6.57. The average molecular weight is 269 g/mol. The van der Waals surface area contributed by atoms with E-state index in [0.29, 0.717) is 13.2 Å². The van der Waals surface area contributed by atoms with Crippen LogP contribution < -0.4 is 10.5 Å². The van der Waals surface area contributed by atoms with Crippen molar-refractivity contribution in [3.05, 3.63) is 22.6 Å². The lowest BCUT2D eigenvalue weighted by Gasteiger charge is -2.18. The molecule has 0 aliphatic rings. The number of aromatic nitrogens is 2. The normalized spacial score (nSPS) is 10.7. The first-order chi connectivity index (χ1) is 9.19. The Kier molecular flexibility index (Phi) is 7.14. The zero-order valence-corrected chi connectivity index (χ0v) is 11.7. The van der Waals surface area contributed by atoms with E-state index in [9.17, 15) is 4.79 Å². The molecule has 0 aliphatic carbocycles. The fourth-order valence-electron chi connectivity index (χ4n) is 1.71. The van der Waals surface area contributed by atoms with Crippen molar-refractivity contribution >= 4 is 5.69 Å². The molecule has 0 amide bonds. The number of aliphatic hydroxyl groups excluding tert-OH is 1. The number of rotatable bonds is 9. The Morgan fingerprint density at radius 1 is 1.42 bits per heavy atom. The molecule has 108 valence electrons. The topological polar surface area (TPSA) is 67.6 Å². The van der Waals surface area contributed by atoms with E-state index < -0.39 is 0 Å². The van der Waals surface area contributed by atoms with Crippen molar-refractivity contribution in [2.75, 3.05) is 38.8 Å².